The minimum absolute atomic E-state index is 0.0282. The van der Waals surface area contributed by atoms with Crippen LogP contribution in [0.1, 0.15) is 23.1 Å². The molecule has 0 fully saturated rings. The Morgan fingerprint density at radius 1 is 1.38 bits per heavy atom. The van der Waals surface area contributed by atoms with Crippen molar-refractivity contribution in [1.29, 1.82) is 0 Å². The van der Waals surface area contributed by atoms with Crippen LogP contribution in [0.15, 0.2) is 53.7 Å². The maximum absolute atomic E-state index is 14.8. The van der Waals surface area contributed by atoms with E-state index in [0.717, 1.165) is 27.4 Å². The average Bonchev–Trinajstić information content (AvgIpc) is 3.53. The number of furan rings is 1. The number of rotatable bonds is 6. The highest BCUT2D eigenvalue weighted by Crippen LogP contribution is 2.36. The van der Waals surface area contributed by atoms with E-state index in [1.807, 2.05) is 19.1 Å². The van der Waals surface area contributed by atoms with Crippen LogP contribution in [0, 0.1) is 11.6 Å². The molecule has 1 aliphatic rings. The fraction of sp³-hybridized carbons (Fsp3) is 0.318. The number of thiazole rings is 1. The highest BCUT2D eigenvalue weighted by molar-refractivity contribution is 7.15. The molecule has 0 saturated heterocycles. The van der Waals surface area contributed by atoms with Gasteiger partial charge in [0.25, 0.3) is 0 Å². The summed E-state index contributed by atoms with van der Waals surface area (Å²) in [7, 11) is 0. The number of nitrogens with zero attached hydrogens (tertiary/aromatic N) is 4. The van der Waals surface area contributed by atoms with Gasteiger partial charge in [0.1, 0.15) is 23.8 Å². The van der Waals surface area contributed by atoms with Gasteiger partial charge in [-0.2, -0.15) is 9.78 Å². The predicted molar refractivity (Wildman–Crippen MR) is 112 cm³/mol. The molecule has 4 heterocycles. The zero-order chi connectivity index (χ0) is 22.3. The van der Waals surface area contributed by atoms with Crippen molar-refractivity contribution >= 4 is 11.3 Å². The van der Waals surface area contributed by atoms with Crippen LogP contribution >= 0.6 is 11.3 Å². The molecule has 3 aromatic heterocycles. The van der Waals surface area contributed by atoms with Gasteiger partial charge < -0.3 is 9.52 Å². The third-order valence-corrected chi connectivity index (χ3v) is 7.14. The molecule has 0 bridgehead atoms. The second-order valence-electron chi connectivity index (χ2n) is 7.96. The molecule has 1 aromatic carbocycles. The summed E-state index contributed by atoms with van der Waals surface area (Å²) < 4.78 is 35.5. The monoisotopic (exact) mass is 458 g/mol. The molecule has 0 spiro atoms. The molecule has 2 N–H and O–H groups in total. The molecule has 4 aromatic rings. The molecular weight excluding hydrogens is 436 g/mol. The quantitative estimate of drug-likeness (QED) is 0.434. The lowest BCUT2D eigenvalue weighted by Crippen LogP contribution is -2.58. The maximum atomic E-state index is 14.8. The molecule has 166 valence electrons. The highest BCUT2D eigenvalue weighted by atomic mass is 32.1. The first-order valence-electron chi connectivity index (χ1n) is 10.3. The van der Waals surface area contributed by atoms with Gasteiger partial charge in [0.2, 0.25) is 6.33 Å². The van der Waals surface area contributed by atoms with Crippen molar-refractivity contribution in [2.75, 3.05) is 6.54 Å². The number of aliphatic hydroxyl groups is 1. The van der Waals surface area contributed by atoms with Crippen molar-refractivity contribution in [3.05, 3.63) is 77.0 Å². The van der Waals surface area contributed by atoms with E-state index in [9.17, 15) is 13.9 Å². The number of halogens is 2. The van der Waals surface area contributed by atoms with E-state index in [1.54, 1.807) is 22.3 Å². The van der Waals surface area contributed by atoms with Gasteiger partial charge >= 0.3 is 6.33 Å². The molecule has 0 aliphatic carbocycles. The summed E-state index contributed by atoms with van der Waals surface area (Å²) >= 11 is 1.56. The second kappa shape index (κ2) is 8.19. The van der Waals surface area contributed by atoms with Crippen molar-refractivity contribution in [3.63, 3.8) is 0 Å². The topological polar surface area (TPSA) is 82.1 Å². The molecule has 0 radical (unpaired) electrons. The summed E-state index contributed by atoms with van der Waals surface area (Å²) in [5.41, 5.74) is -0.578. The SMILES string of the molecule is C[C@@H](N1CCc2nc(-c3ccco3)sc2C1)[C@](O)(C[n+]1cnc[nH]1)c1ccc(F)cc1F. The van der Waals surface area contributed by atoms with Gasteiger partial charge in [0.15, 0.2) is 10.8 Å². The van der Waals surface area contributed by atoms with E-state index in [4.69, 9.17) is 9.40 Å². The third kappa shape index (κ3) is 3.74. The van der Waals surface area contributed by atoms with Crippen LogP contribution in [0.4, 0.5) is 8.78 Å². The molecule has 10 heteroatoms. The zero-order valence-electron chi connectivity index (χ0n) is 17.3. The first-order valence-corrected chi connectivity index (χ1v) is 11.1. The zero-order valence-corrected chi connectivity index (χ0v) is 18.1. The van der Waals surface area contributed by atoms with Gasteiger partial charge in [0.05, 0.1) is 12.0 Å². The second-order valence-corrected chi connectivity index (χ2v) is 9.05. The minimum Gasteiger partial charge on any atom is -0.462 e. The maximum Gasteiger partial charge on any atom is 0.306 e. The first kappa shape index (κ1) is 20.9. The average molecular weight is 459 g/mol. The van der Waals surface area contributed by atoms with Gasteiger partial charge in [-0.05, 0) is 30.1 Å². The number of benzene rings is 1. The number of fused-ring (bicyclic) bond motifs is 1. The smallest absolute Gasteiger partial charge is 0.306 e. The van der Waals surface area contributed by atoms with E-state index in [1.165, 1.54) is 24.8 Å². The number of aromatic nitrogens is 4. The summed E-state index contributed by atoms with van der Waals surface area (Å²) in [6.45, 7) is 3.10. The van der Waals surface area contributed by atoms with E-state index >= 15 is 0 Å². The Morgan fingerprint density at radius 2 is 2.25 bits per heavy atom. The first-order chi connectivity index (χ1) is 15.4. The van der Waals surface area contributed by atoms with Crippen LogP contribution in [0.25, 0.3) is 10.8 Å². The number of H-pyrrole nitrogens is 1. The van der Waals surface area contributed by atoms with Crippen molar-refractivity contribution in [1.82, 2.24) is 20.0 Å². The predicted octanol–water partition coefficient (Wildman–Crippen LogP) is 3.03. The highest BCUT2D eigenvalue weighted by Gasteiger charge is 2.44. The molecule has 0 saturated carbocycles. The number of aromatic amines is 1. The van der Waals surface area contributed by atoms with Gasteiger partial charge in [-0.1, -0.05) is 6.07 Å². The Kier molecular flexibility index (Phi) is 5.36. The van der Waals surface area contributed by atoms with Gasteiger partial charge in [-0.3, -0.25) is 4.90 Å². The van der Waals surface area contributed by atoms with Crippen molar-refractivity contribution in [2.24, 2.45) is 0 Å². The van der Waals surface area contributed by atoms with Crippen LogP contribution < -0.4 is 4.68 Å². The van der Waals surface area contributed by atoms with Crippen LogP contribution in [0.2, 0.25) is 0 Å². The lowest BCUT2D eigenvalue weighted by Gasteiger charge is -2.41. The summed E-state index contributed by atoms with van der Waals surface area (Å²) in [6.07, 6.45) is 5.32. The Bertz CT molecular complexity index is 1210. The Hall–Kier alpha value is -2.95. The Balaban J connectivity index is 1.47. The molecule has 1 aliphatic heterocycles. The molecule has 32 heavy (non-hydrogen) atoms. The summed E-state index contributed by atoms with van der Waals surface area (Å²) in [5, 5.41) is 15.6. The summed E-state index contributed by atoms with van der Waals surface area (Å²) in [5.74, 6) is -0.743. The Morgan fingerprint density at radius 3 is 2.97 bits per heavy atom. The van der Waals surface area contributed by atoms with Crippen molar-refractivity contribution < 1.29 is 23.0 Å². The third-order valence-electron chi connectivity index (χ3n) is 6.04. The van der Waals surface area contributed by atoms with Crippen molar-refractivity contribution in [2.45, 2.75) is 38.1 Å². The molecule has 5 rings (SSSR count). The Labute approximate surface area is 187 Å². The van der Waals surface area contributed by atoms with E-state index in [2.05, 4.69) is 15.0 Å². The van der Waals surface area contributed by atoms with E-state index < -0.39 is 23.3 Å². The molecular formula is C22H22F2N5O2S+. The van der Waals surface area contributed by atoms with E-state index in [-0.39, 0.29) is 12.1 Å². The summed E-state index contributed by atoms with van der Waals surface area (Å²) in [6, 6.07) is 6.51. The van der Waals surface area contributed by atoms with E-state index in [0.29, 0.717) is 19.5 Å². The molecule has 0 unspecified atom stereocenters. The summed E-state index contributed by atoms with van der Waals surface area (Å²) in [4.78, 5) is 11.9. The van der Waals surface area contributed by atoms with Gasteiger partial charge in [-0.15, -0.1) is 11.3 Å². The lowest BCUT2D eigenvalue weighted by molar-refractivity contribution is -0.765. The van der Waals surface area contributed by atoms with Crippen LogP contribution in [-0.2, 0) is 25.1 Å². The molecule has 0 amide bonds. The normalized spacial score (nSPS) is 17.1. The molecule has 2 atom stereocenters. The van der Waals surface area contributed by atoms with Crippen LogP contribution in [0.5, 0.6) is 0 Å². The molecule has 7 nitrogen and oxygen atoms in total. The fourth-order valence-corrected chi connectivity index (χ4v) is 5.34. The minimum atomic E-state index is -1.64. The lowest BCUT2D eigenvalue weighted by atomic mass is 9.85. The largest absolute Gasteiger partial charge is 0.462 e. The van der Waals surface area contributed by atoms with Gasteiger partial charge in [0, 0.05) is 42.1 Å². The fourth-order valence-electron chi connectivity index (χ4n) is 4.24. The van der Waals surface area contributed by atoms with Crippen molar-refractivity contribution in [3.8, 4) is 10.8 Å². The van der Waals surface area contributed by atoms with Crippen LogP contribution in [0.3, 0.4) is 0 Å². The number of hydrogen-bond donors (Lipinski definition) is 2. The number of hydrogen-bond acceptors (Lipinski definition) is 6. The number of nitrogens with one attached hydrogen (secondary N) is 1. The van der Waals surface area contributed by atoms with Crippen LogP contribution in [-0.4, -0.2) is 37.7 Å². The standard InChI is InChI=1S/C22H21F2N5O2S/c1-14(28-7-6-18-20(10-28)32-21(27-18)19-3-2-8-31-19)22(30,11-29-13-25-12-26-29)16-5-4-15(23)9-17(16)24/h2-5,8-9,12-14,30H,6-7,10-11H2,1H3/p+1/t14-,22-/m1/s1. The van der Waals surface area contributed by atoms with Gasteiger partial charge in [-0.25, -0.2) is 13.8 Å².